The van der Waals surface area contributed by atoms with Crippen molar-refractivity contribution >= 4 is 29.1 Å². The van der Waals surface area contributed by atoms with Gasteiger partial charge in [0.1, 0.15) is 5.01 Å². The lowest BCUT2D eigenvalue weighted by Gasteiger charge is -2.18. The highest BCUT2D eigenvalue weighted by Crippen LogP contribution is 2.22. The van der Waals surface area contributed by atoms with Crippen LogP contribution in [0.3, 0.4) is 0 Å². The molecule has 2 amide bonds. The van der Waals surface area contributed by atoms with Crippen LogP contribution in [0, 0.1) is 6.92 Å². The maximum atomic E-state index is 12.1. The van der Waals surface area contributed by atoms with Crippen LogP contribution in [0.5, 0.6) is 0 Å². The van der Waals surface area contributed by atoms with E-state index in [0.717, 1.165) is 10.7 Å². The number of amides is 2. The Labute approximate surface area is 139 Å². The molecule has 0 fully saturated rings. The van der Waals surface area contributed by atoms with Crippen molar-refractivity contribution < 1.29 is 4.79 Å². The van der Waals surface area contributed by atoms with E-state index in [0.29, 0.717) is 18.3 Å². The van der Waals surface area contributed by atoms with Gasteiger partial charge in [0.05, 0.1) is 6.54 Å². The minimum atomic E-state index is -0.0617. The molecule has 1 atom stereocenters. The molecule has 2 rings (SSSR count). The smallest absolute Gasteiger partial charge is 0.317 e. The number of thioether (sulfide) groups is 1. The summed E-state index contributed by atoms with van der Waals surface area (Å²) in [6, 6.07) is 10.2. The van der Waals surface area contributed by atoms with Gasteiger partial charge in [0.25, 0.3) is 0 Å². The summed E-state index contributed by atoms with van der Waals surface area (Å²) in [5.41, 5.74) is 1.00. The molecule has 1 aromatic heterocycles. The number of carbonyl (C=O) groups is 1. The maximum absolute atomic E-state index is 12.1. The lowest BCUT2D eigenvalue weighted by atomic mass is 10.4. The second-order valence-electron chi connectivity index (χ2n) is 5.17. The molecular weight excluding hydrogens is 314 g/mol. The fourth-order valence-electron chi connectivity index (χ4n) is 1.89. The van der Waals surface area contributed by atoms with Gasteiger partial charge in [-0.3, -0.25) is 0 Å². The summed E-state index contributed by atoms with van der Waals surface area (Å²) in [4.78, 5) is 19.4. The van der Waals surface area contributed by atoms with Gasteiger partial charge >= 0.3 is 6.03 Å². The van der Waals surface area contributed by atoms with Crippen LogP contribution < -0.4 is 5.32 Å². The monoisotopic (exact) mass is 335 g/mol. The van der Waals surface area contributed by atoms with Crippen LogP contribution in [-0.2, 0) is 6.54 Å². The topological polar surface area (TPSA) is 45.2 Å². The third-order valence-corrected chi connectivity index (χ3v) is 5.07. The SMILES string of the molecule is Cc1csc(CN(C)C(=O)NC[C@@H](C)Sc2ccccc2)n1. The molecule has 0 saturated heterocycles. The number of carbonyl (C=O) groups excluding carboxylic acids is 1. The summed E-state index contributed by atoms with van der Waals surface area (Å²) in [6.45, 7) is 5.26. The van der Waals surface area contributed by atoms with Crippen LogP contribution in [0.25, 0.3) is 0 Å². The fourth-order valence-corrected chi connectivity index (χ4v) is 3.66. The van der Waals surface area contributed by atoms with E-state index in [2.05, 4.69) is 29.4 Å². The normalized spacial score (nSPS) is 12.0. The van der Waals surface area contributed by atoms with E-state index in [-0.39, 0.29) is 6.03 Å². The van der Waals surface area contributed by atoms with Crippen molar-refractivity contribution in [1.82, 2.24) is 15.2 Å². The summed E-state index contributed by atoms with van der Waals surface area (Å²) in [5, 5.41) is 6.25. The van der Waals surface area contributed by atoms with Gasteiger partial charge in [0.2, 0.25) is 0 Å². The number of hydrogen-bond acceptors (Lipinski definition) is 4. The molecule has 0 aliphatic heterocycles. The average molecular weight is 335 g/mol. The Hall–Kier alpha value is -1.53. The molecule has 22 heavy (non-hydrogen) atoms. The molecule has 0 radical (unpaired) electrons. The maximum Gasteiger partial charge on any atom is 0.317 e. The Balaban J connectivity index is 1.74. The highest BCUT2D eigenvalue weighted by atomic mass is 32.2. The van der Waals surface area contributed by atoms with Crippen LogP contribution in [-0.4, -0.2) is 34.8 Å². The first-order chi connectivity index (χ1) is 10.5. The molecule has 0 unspecified atom stereocenters. The second kappa shape index (κ2) is 8.19. The molecule has 1 aromatic carbocycles. The minimum Gasteiger partial charge on any atom is -0.337 e. The highest BCUT2D eigenvalue weighted by molar-refractivity contribution is 8.00. The first-order valence-corrected chi connectivity index (χ1v) is 8.92. The van der Waals surface area contributed by atoms with Crippen molar-refractivity contribution in [3.63, 3.8) is 0 Å². The molecule has 0 saturated carbocycles. The molecule has 0 bridgehead atoms. The zero-order chi connectivity index (χ0) is 15.9. The number of nitrogens with one attached hydrogen (secondary N) is 1. The van der Waals surface area contributed by atoms with E-state index in [4.69, 9.17) is 0 Å². The van der Waals surface area contributed by atoms with Gasteiger partial charge in [0.15, 0.2) is 0 Å². The number of benzene rings is 1. The molecule has 1 N–H and O–H groups in total. The molecule has 4 nitrogen and oxygen atoms in total. The molecule has 1 heterocycles. The van der Waals surface area contributed by atoms with E-state index in [9.17, 15) is 4.79 Å². The Kier molecular flexibility index (Phi) is 6.27. The minimum absolute atomic E-state index is 0.0617. The Morgan fingerprint density at radius 3 is 2.77 bits per heavy atom. The molecule has 6 heteroatoms. The second-order valence-corrected chi connectivity index (χ2v) is 7.62. The first-order valence-electron chi connectivity index (χ1n) is 7.16. The lowest BCUT2D eigenvalue weighted by molar-refractivity contribution is 0.207. The van der Waals surface area contributed by atoms with E-state index >= 15 is 0 Å². The summed E-state index contributed by atoms with van der Waals surface area (Å²) in [7, 11) is 1.79. The largest absolute Gasteiger partial charge is 0.337 e. The fraction of sp³-hybridized carbons (Fsp3) is 0.375. The zero-order valence-electron chi connectivity index (χ0n) is 13.1. The van der Waals surface area contributed by atoms with Gasteiger partial charge in [0, 0.05) is 34.8 Å². The van der Waals surface area contributed by atoms with Crippen LogP contribution >= 0.6 is 23.1 Å². The molecule has 0 spiro atoms. The number of nitrogens with zero attached hydrogens (tertiary/aromatic N) is 2. The van der Waals surface area contributed by atoms with Crippen LogP contribution in [0.1, 0.15) is 17.6 Å². The number of aryl methyl sites for hydroxylation is 1. The standard InChI is InChI=1S/C16H21N3OS2/c1-12-11-21-15(18-12)10-19(3)16(20)17-9-13(2)22-14-7-5-4-6-8-14/h4-8,11,13H,9-10H2,1-3H3,(H,17,20)/t13-/m1/s1. The lowest BCUT2D eigenvalue weighted by Crippen LogP contribution is -2.39. The third kappa shape index (κ3) is 5.35. The van der Waals surface area contributed by atoms with Crippen molar-refractivity contribution in [2.75, 3.05) is 13.6 Å². The summed E-state index contributed by atoms with van der Waals surface area (Å²) >= 11 is 3.35. The summed E-state index contributed by atoms with van der Waals surface area (Å²) in [6.07, 6.45) is 0. The molecule has 0 aliphatic carbocycles. The van der Waals surface area contributed by atoms with Gasteiger partial charge in [-0.25, -0.2) is 9.78 Å². The van der Waals surface area contributed by atoms with Crippen molar-refractivity contribution in [3.8, 4) is 0 Å². The number of hydrogen-bond donors (Lipinski definition) is 1. The van der Waals surface area contributed by atoms with E-state index in [1.807, 2.05) is 30.5 Å². The van der Waals surface area contributed by atoms with Crippen LogP contribution in [0.2, 0.25) is 0 Å². The number of aromatic nitrogens is 1. The predicted octanol–water partition coefficient (Wildman–Crippen LogP) is 3.77. The summed E-state index contributed by atoms with van der Waals surface area (Å²) < 4.78 is 0. The zero-order valence-corrected chi connectivity index (χ0v) is 14.7. The van der Waals surface area contributed by atoms with Crippen molar-refractivity contribution in [1.29, 1.82) is 0 Å². The van der Waals surface area contributed by atoms with Gasteiger partial charge < -0.3 is 10.2 Å². The average Bonchev–Trinajstić information content (AvgIpc) is 2.91. The number of thiazole rings is 1. The molecule has 118 valence electrons. The van der Waals surface area contributed by atoms with Crippen LogP contribution in [0.4, 0.5) is 4.79 Å². The van der Waals surface area contributed by atoms with Crippen molar-refractivity contribution in [2.24, 2.45) is 0 Å². The Bertz CT molecular complexity index is 600. The Morgan fingerprint density at radius 2 is 2.14 bits per heavy atom. The van der Waals surface area contributed by atoms with Crippen molar-refractivity contribution in [3.05, 3.63) is 46.4 Å². The van der Waals surface area contributed by atoms with E-state index < -0.39 is 0 Å². The Morgan fingerprint density at radius 1 is 1.41 bits per heavy atom. The predicted molar refractivity (Wildman–Crippen MR) is 93.5 cm³/mol. The van der Waals surface area contributed by atoms with Crippen LogP contribution in [0.15, 0.2) is 40.6 Å². The quantitative estimate of drug-likeness (QED) is 0.817. The highest BCUT2D eigenvalue weighted by Gasteiger charge is 2.12. The van der Waals surface area contributed by atoms with Gasteiger partial charge in [-0.1, -0.05) is 25.1 Å². The van der Waals surface area contributed by atoms with E-state index in [1.165, 1.54) is 4.90 Å². The summed E-state index contributed by atoms with van der Waals surface area (Å²) in [5.74, 6) is 0. The van der Waals surface area contributed by atoms with Gasteiger partial charge in [-0.2, -0.15) is 0 Å². The first kappa shape index (κ1) is 16.8. The molecular formula is C16H21N3OS2. The number of rotatable bonds is 6. The van der Waals surface area contributed by atoms with Crippen molar-refractivity contribution in [2.45, 2.75) is 30.5 Å². The molecule has 0 aliphatic rings. The van der Waals surface area contributed by atoms with Gasteiger partial charge in [-0.05, 0) is 19.1 Å². The van der Waals surface area contributed by atoms with Gasteiger partial charge in [-0.15, -0.1) is 23.1 Å². The molecule has 2 aromatic rings. The number of urea groups is 1. The third-order valence-electron chi connectivity index (χ3n) is 3.01. The van der Waals surface area contributed by atoms with E-state index in [1.54, 1.807) is 35.0 Å².